The number of hydrogen-bond donors (Lipinski definition) is 1. The summed E-state index contributed by atoms with van der Waals surface area (Å²) < 4.78 is 0. The third-order valence-corrected chi connectivity index (χ3v) is 5.02. The number of carbonyl (C=O) groups is 1. The van der Waals surface area contributed by atoms with E-state index in [9.17, 15) is 4.79 Å². The SMILES string of the molecule is CCCC(C)C(=O)Nc1nc(CN2CCC(C)CC2)cs1. The lowest BCUT2D eigenvalue weighted by atomic mass is 9.99. The Morgan fingerprint density at radius 3 is 2.90 bits per heavy atom. The van der Waals surface area contributed by atoms with Gasteiger partial charge in [0, 0.05) is 17.8 Å². The van der Waals surface area contributed by atoms with Crippen molar-refractivity contribution in [1.82, 2.24) is 9.88 Å². The van der Waals surface area contributed by atoms with E-state index in [1.165, 1.54) is 24.2 Å². The van der Waals surface area contributed by atoms with Crippen molar-refractivity contribution in [1.29, 1.82) is 0 Å². The molecule has 1 aromatic heterocycles. The van der Waals surface area contributed by atoms with E-state index in [0.717, 1.165) is 49.2 Å². The van der Waals surface area contributed by atoms with E-state index >= 15 is 0 Å². The lowest BCUT2D eigenvalue weighted by Gasteiger charge is -2.29. The molecule has 1 amide bonds. The summed E-state index contributed by atoms with van der Waals surface area (Å²) in [4.78, 5) is 19.0. The van der Waals surface area contributed by atoms with Crippen LogP contribution in [0.15, 0.2) is 5.38 Å². The number of likely N-dealkylation sites (tertiary alicyclic amines) is 1. The maximum absolute atomic E-state index is 12.0. The van der Waals surface area contributed by atoms with Gasteiger partial charge < -0.3 is 5.32 Å². The summed E-state index contributed by atoms with van der Waals surface area (Å²) in [6, 6.07) is 0. The van der Waals surface area contributed by atoms with Gasteiger partial charge in [0.05, 0.1) is 5.69 Å². The third-order valence-electron chi connectivity index (χ3n) is 4.21. The molecular formula is C16H27N3OS. The fourth-order valence-electron chi connectivity index (χ4n) is 2.68. The molecular weight excluding hydrogens is 282 g/mol. The fourth-order valence-corrected chi connectivity index (χ4v) is 3.38. The largest absolute Gasteiger partial charge is 0.302 e. The minimum Gasteiger partial charge on any atom is -0.302 e. The number of rotatable bonds is 6. The lowest BCUT2D eigenvalue weighted by molar-refractivity contribution is -0.119. The molecule has 118 valence electrons. The van der Waals surface area contributed by atoms with Crippen LogP contribution >= 0.6 is 11.3 Å². The summed E-state index contributed by atoms with van der Waals surface area (Å²) in [7, 11) is 0. The normalized spacial score (nSPS) is 18.6. The first-order valence-corrected chi connectivity index (χ1v) is 8.94. The van der Waals surface area contributed by atoms with Gasteiger partial charge in [-0.15, -0.1) is 11.3 Å². The van der Waals surface area contributed by atoms with Gasteiger partial charge in [0.25, 0.3) is 0 Å². The average molecular weight is 309 g/mol. The number of piperidine rings is 1. The minimum atomic E-state index is 0.0610. The van der Waals surface area contributed by atoms with Crippen LogP contribution in [0, 0.1) is 11.8 Å². The van der Waals surface area contributed by atoms with Crippen molar-refractivity contribution in [2.75, 3.05) is 18.4 Å². The molecule has 1 unspecified atom stereocenters. The highest BCUT2D eigenvalue weighted by atomic mass is 32.1. The van der Waals surface area contributed by atoms with Crippen LogP contribution in [-0.2, 0) is 11.3 Å². The van der Waals surface area contributed by atoms with E-state index in [2.05, 4.69) is 34.4 Å². The number of anilines is 1. The van der Waals surface area contributed by atoms with Gasteiger partial charge in [0.2, 0.25) is 5.91 Å². The molecule has 0 aromatic carbocycles. The smallest absolute Gasteiger partial charge is 0.228 e. The van der Waals surface area contributed by atoms with Gasteiger partial charge in [-0.25, -0.2) is 4.98 Å². The standard InChI is InChI=1S/C16H27N3OS/c1-4-5-13(3)15(20)18-16-17-14(11-21-16)10-19-8-6-12(2)7-9-19/h11-13H,4-10H2,1-3H3,(H,17,18,20). The number of amides is 1. The number of hydrogen-bond acceptors (Lipinski definition) is 4. The number of aromatic nitrogens is 1. The lowest BCUT2D eigenvalue weighted by Crippen LogP contribution is -2.32. The third kappa shape index (κ3) is 5.08. The zero-order chi connectivity index (χ0) is 15.2. The second-order valence-electron chi connectivity index (χ2n) is 6.28. The van der Waals surface area contributed by atoms with Gasteiger partial charge >= 0.3 is 0 Å². The summed E-state index contributed by atoms with van der Waals surface area (Å²) in [5.74, 6) is 1.00. The molecule has 2 rings (SSSR count). The predicted molar refractivity (Wildman–Crippen MR) is 88.5 cm³/mol. The Morgan fingerprint density at radius 1 is 1.52 bits per heavy atom. The average Bonchev–Trinajstić information content (AvgIpc) is 2.89. The van der Waals surface area contributed by atoms with Crippen molar-refractivity contribution in [3.63, 3.8) is 0 Å². The molecule has 1 fully saturated rings. The van der Waals surface area contributed by atoms with E-state index in [-0.39, 0.29) is 11.8 Å². The van der Waals surface area contributed by atoms with E-state index in [4.69, 9.17) is 0 Å². The summed E-state index contributed by atoms with van der Waals surface area (Å²) in [6.07, 6.45) is 4.52. The van der Waals surface area contributed by atoms with Crippen molar-refractivity contribution in [2.24, 2.45) is 11.8 Å². The number of nitrogens with one attached hydrogen (secondary N) is 1. The van der Waals surface area contributed by atoms with E-state index in [1.807, 2.05) is 6.92 Å². The highest BCUT2D eigenvalue weighted by Gasteiger charge is 2.18. The van der Waals surface area contributed by atoms with Crippen LogP contribution in [-0.4, -0.2) is 28.9 Å². The van der Waals surface area contributed by atoms with Crippen LogP contribution in [0.2, 0.25) is 0 Å². The molecule has 1 aliphatic rings. The molecule has 1 N–H and O–H groups in total. The van der Waals surface area contributed by atoms with Crippen LogP contribution in [0.5, 0.6) is 0 Å². The Labute approximate surface area is 132 Å². The summed E-state index contributed by atoms with van der Waals surface area (Å²) in [6.45, 7) is 9.63. The maximum atomic E-state index is 12.0. The Morgan fingerprint density at radius 2 is 2.24 bits per heavy atom. The van der Waals surface area contributed by atoms with Gasteiger partial charge in [-0.3, -0.25) is 9.69 Å². The van der Waals surface area contributed by atoms with E-state index < -0.39 is 0 Å². The molecule has 4 nitrogen and oxygen atoms in total. The van der Waals surface area contributed by atoms with Crippen molar-refractivity contribution < 1.29 is 4.79 Å². The molecule has 0 aliphatic carbocycles. The van der Waals surface area contributed by atoms with Crippen molar-refractivity contribution in [3.05, 3.63) is 11.1 Å². The van der Waals surface area contributed by atoms with E-state index in [0.29, 0.717) is 0 Å². The molecule has 21 heavy (non-hydrogen) atoms. The van der Waals surface area contributed by atoms with Gasteiger partial charge in [0.1, 0.15) is 0 Å². The van der Waals surface area contributed by atoms with Crippen molar-refractivity contribution >= 4 is 22.4 Å². The van der Waals surface area contributed by atoms with Crippen LogP contribution in [0.1, 0.15) is 52.1 Å². The zero-order valence-corrected chi connectivity index (χ0v) is 14.2. The van der Waals surface area contributed by atoms with Crippen LogP contribution in [0.4, 0.5) is 5.13 Å². The second-order valence-corrected chi connectivity index (χ2v) is 7.14. The first-order valence-electron chi connectivity index (χ1n) is 8.06. The number of carbonyl (C=O) groups excluding carboxylic acids is 1. The molecule has 1 saturated heterocycles. The second kappa shape index (κ2) is 7.90. The summed E-state index contributed by atoms with van der Waals surface area (Å²) >= 11 is 1.53. The van der Waals surface area contributed by atoms with Crippen molar-refractivity contribution in [3.8, 4) is 0 Å². The summed E-state index contributed by atoms with van der Waals surface area (Å²) in [5, 5.41) is 5.75. The minimum absolute atomic E-state index is 0.0610. The van der Waals surface area contributed by atoms with Gasteiger partial charge in [0.15, 0.2) is 5.13 Å². The molecule has 0 saturated carbocycles. The molecule has 1 aliphatic heterocycles. The van der Waals surface area contributed by atoms with Gasteiger partial charge in [-0.1, -0.05) is 27.2 Å². The van der Waals surface area contributed by atoms with Gasteiger partial charge in [-0.2, -0.15) is 0 Å². The monoisotopic (exact) mass is 309 g/mol. The molecule has 1 aromatic rings. The fraction of sp³-hybridized carbons (Fsp3) is 0.750. The molecule has 0 bridgehead atoms. The maximum Gasteiger partial charge on any atom is 0.228 e. The van der Waals surface area contributed by atoms with Crippen LogP contribution in [0.3, 0.4) is 0 Å². The first-order chi connectivity index (χ1) is 10.1. The highest BCUT2D eigenvalue weighted by molar-refractivity contribution is 7.13. The Hall–Kier alpha value is -0.940. The summed E-state index contributed by atoms with van der Waals surface area (Å²) in [5.41, 5.74) is 1.08. The molecule has 0 radical (unpaired) electrons. The molecule has 5 heteroatoms. The zero-order valence-electron chi connectivity index (χ0n) is 13.4. The predicted octanol–water partition coefficient (Wildman–Crippen LogP) is 3.75. The molecule has 0 spiro atoms. The Bertz CT molecular complexity index is 452. The Balaban J connectivity index is 1.82. The molecule has 2 heterocycles. The van der Waals surface area contributed by atoms with Crippen LogP contribution < -0.4 is 5.32 Å². The topological polar surface area (TPSA) is 45.2 Å². The van der Waals surface area contributed by atoms with Crippen LogP contribution in [0.25, 0.3) is 0 Å². The quantitative estimate of drug-likeness (QED) is 0.870. The number of thiazole rings is 1. The van der Waals surface area contributed by atoms with Crippen molar-refractivity contribution in [2.45, 2.75) is 53.0 Å². The molecule has 1 atom stereocenters. The van der Waals surface area contributed by atoms with Gasteiger partial charge in [-0.05, 0) is 38.3 Å². The number of nitrogens with zero attached hydrogens (tertiary/aromatic N) is 2. The van der Waals surface area contributed by atoms with E-state index in [1.54, 1.807) is 0 Å². The Kier molecular flexibility index (Phi) is 6.18. The highest BCUT2D eigenvalue weighted by Crippen LogP contribution is 2.21. The first kappa shape index (κ1) is 16.4.